The van der Waals surface area contributed by atoms with Gasteiger partial charge in [-0.05, 0) is 78.1 Å². The van der Waals surface area contributed by atoms with Crippen molar-refractivity contribution in [2.75, 3.05) is 0 Å². The number of pyridine rings is 1. The molecule has 6 rings (SSSR count). The first kappa shape index (κ1) is 23.6. The SMILES string of the molecule is CC(N)C1CCC(C(=O)Cc2ccnc3[nH]c(-c4ccccc4-c4cccc5ccccc45)cc23)CC1. The number of H-pyrrole nitrogens is 1. The molecule has 5 aromatic rings. The highest BCUT2D eigenvalue weighted by Crippen LogP contribution is 2.37. The van der Waals surface area contributed by atoms with Crippen molar-refractivity contribution in [2.45, 2.75) is 45.1 Å². The summed E-state index contributed by atoms with van der Waals surface area (Å²) in [5.74, 6) is 1.03. The van der Waals surface area contributed by atoms with E-state index in [4.69, 9.17) is 5.73 Å². The topological polar surface area (TPSA) is 71.8 Å². The van der Waals surface area contributed by atoms with Gasteiger partial charge in [-0.25, -0.2) is 4.98 Å². The molecule has 2 heterocycles. The quantitative estimate of drug-likeness (QED) is 0.264. The fourth-order valence-electron chi connectivity index (χ4n) is 6.09. The van der Waals surface area contributed by atoms with Crippen molar-refractivity contribution in [1.82, 2.24) is 9.97 Å². The number of hydrogen-bond donors (Lipinski definition) is 2. The zero-order valence-electron chi connectivity index (χ0n) is 21.3. The molecule has 1 aliphatic carbocycles. The summed E-state index contributed by atoms with van der Waals surface area (Å²) in [5.41, 5.74) is 12.5. The second-order valence-electron chi connectivity index (χ2n) is 10.6. The van der Waals surface area contributed by atoms with Gasteiger partial charge >= 0.3 is 0 Å². The number of hydrogen-bond acceptors (Lipinski definition) is 3. The van der Waals surface area contributed by atoms with Crippen LogP contribution in [0.4, 0.5) is 0 Å². The molecule has 0 radical (unpaired) electrons. The summed E-state index contributed by atoms with van der Waals surface area (Å²) in [4.78, 5) is 21.4. The normalized spacial score (nSPS) is 18.8. The number of benzene rings is 3. The molecule has 2 aromatic heterocycles. The van der Waals surface area contributed by atoms with Crippen LogP contribution in [0.3, 0.4) is 0 Å². The predicted molar refractivity (Wildman–Crippen MR) is 152 cm³/mol. The molecule has 186 valence electrons. The molecule has 0 aliphatic heterocycles. The van der Waals surface area contributed by atoms with Gasteiger partial charge in [0, 0.05) is 41.2 Å². The van der Waals surface area contributed by atoms with Gasteiger partial charge in [-0.1, -0.05) is 66.7 Å². The van der Waals surface area contributed by atoms with E-state index in [2.05, 4.69) is 89.7 Å². The number of carbonyl (C=O) groups excluding carboxylic acids is 1. The summed E-state index contributed by atoms with van der Waals surface area (Å²) in [6.45, 7) is 2.09. The highest BCUT2D eigenvalue weighted by atomic mass is 16.1. The van der Waals surface area contributed by atoms with E-state index in [9.17, 15) is 4.79 Å². The van der Waals surface area contributed by atoms with E-state index in [1.807, 2.05) is 12.3 Å². The van der Waals surface area contributed by atoms with Gasteiger partial charge < -0.3 is 10.7 Å². The van der Waals surface area contributed by atoms with Gasteiger partial charge in [0.05, 0.1) is 0 Å². The Morgan fingerprint density at radius 1 is 0.892 bits per heavy atom. The number of nitrogens with one attached hydrogen (secondary N) is 1. The van der Waals surface area contributed by atoms with Crippen LogP contribution in [0.5, 0.6) is 0 Å². The molecule has 1 fully saturated rings. The van der Waals surface area contributed by atoms with E-state index in [0.717, 1.165) is 53.5 Å². The van der Waals surface area contributed by atoms with Gasteiger partial charge in [0.2, 0.25) is 0 Å². The second kappa shape index (κ2) is 9.95. The van der Waals surface area contributed by atoms with E-state index >= 15 is 0 Å². The maximum absolute atomic E-state index is 13.3. The number of ketones is 1. The van der Waals surface area contributed by atoms with Crippen molar-refractivity contribution in [1.29, 1.82) is 0 Å². The third-order valence-corrected chi connectivity index (χ3v) is 8.25. The Bertz CT molecular complexity index is 1570. The lowest BCUT2D eigenvalue weighted by Gasteiger charge is -2.30. The predicted octanol–water partition coefficient (Wildman–Crippen LogP) is 7.32. The molecule has 3 aromatic carbocycles. The molecule has 1 saturated carbocycles. The highest BCUT2D eigenvalue weighted by Gasteiger charge is 2.28. The van der Waals surface area contributed by atoms with Gasteiger partial charge in [-0.2, -0.15) is 0 Å². The van der Waals surface area contributed by atoms with Crippen LogP contribution in [0.2, 0.25) is 0 Å². The molecule has 1 aliphatic rings. The van der Waals surface area contributed by atoms with E-state index in [-0.39, 0.29) is 12.0 Å². The Hall–Kier alpha value is -3.76. The molecule has 0 spiro atoms. The van der Waals surface area contributed by atoms with E-state index in [1.165, 1.54) is 21.9 Å². The highest BCUT2D eigenvalue weighted by molar-refractivity contribution is 6.01. The van der Waals surface area contributed by atoms with Crippen LogP contribution in [0.15, 0.2) is 85.1 Å². The summed E-state index contributed by atoms with van der Waals surface area (Å²) in [7, 11) is 0. The van der Waals surface area contributed by atoms with Crippen LogP contribution in [0, 0.1) is 11.8 Å². The standard InChI is InChI=1S/C33H33N3O/c1-21(34)22-13-15-24(16-14-22)32(37)19-25-17-18-35-33-30(25)20-31(36-33)29-11-5-4-10-28(29)27-12-6-8-23-7-2-3-9-26(23)27/h2-12,17-18,20-22,24H,13-16,19,34H2,1H3,(H,35,36). The number of nitrogens with zero attached hydrogens (tertiary/aromatic N) is 1. The van der Waals surface area contributed by atoms with Crippen molar-refractivity contribution < 1.29 is 4.79 Å². The average molecular weight is 488 g/mol. The van der Waals surface area contributed by atoms with Crippen LogP contribution in [0.25, 0.3) is 44.2 Å². The minimum Gasteiger partial charge on any atom is -0.339 e. The van der Waals surface area contributed by atoms with Crippen LogP contribution in [0.1, 0.15) is 38.2 Å². The minimum atomic E-state index is 0.142. The number of nitrogens with two attached hydrogens (primary N) is 1. The summed E-state index contributed by atoms with van der Waals surface area (Å²) >= 11 is 0. The van der Waals surface area contributed by atoms with Crippen molar-refractivity contribution in [3.8, 4) is 22.4 Å². The first-order valence-electron chi connectivity index (χ1n) is 13.4. The molecule has 4 heteroatoms. The number of aromatic amines is 1. The number of carbonyl (C=O) groups is 1. The van der Waals surface area contributed by atoms with Gasteiger partial charge in [0.15, 0.2) is 0 Å². The van der Waals surface area contributed by atoms with Crippen molar-refractivity contribution in [2.24, 2.45) is 17.6 Å². The molecule has 37 heavy (non-hydrogen) atoms. The molecule has 0 bridgehead atoms. The summed E-state index contributed by atoms with van der Waals surface area (Å²) in [5, 5.41) is 3.49. The number of fused-ring (bicyclic) bond motifs is 2. The van der Waals surface area contributed by atoms with Gasteiger partial charge in [-0.3, -0.25) is 4.79 Å². The average Bonchev–Trinajstić information content (AvgIpc) is 3.38. The second-order valence-corrected chi connectivity index (χ2v) is 10.6. The number of aromatic nitrogens is 2. The summed E-state index contributed by atoms with van der Waals surface area (Å²) < 4.78 is 0. The first-order chi connectivity index (χ1) is 18.1. The maximum atomic E-state index is 13.3. The van der Waals surface area contributed by atoms with Crippen LogP contribution >= 0.6 is 0 Å². The van der Waals surface area contributed by atoms with E-state index in [0.29, 0.717) is 18.1 Å². The van der Waals surface area contributed by atoms with Crippen LogP contribution in [-0.2, 0) is 11.2 Å². The molecule has 1 unspecified atom stereocenters. The zero-order chi connectivity index (χ0) is 25.4. The van der Waals surface area contributed by atoms with Crippen LogP contribution in [-0.4, -0.2) is 21.8 Å². The Balaban J connectivity index is 1.33. The zero-order valence-corrected chi connectivity index (χ0v) is 21.3. The fraction of sp³-hybridized carbons (Fsp3) is 0.273. The Morgan fingerprint density at radius 2 is 1.59 bits per heavy atom. The van der Waals surface area contributed by atoms with Crippen molar-refractivity contribution >= 4 is 27.6 Å². The third kappa shape index (κ3) is 4.58. The Kier molecular flexibility index (Phi) is 6.35. The molecule has 0 amide bonds. The van der Waals surface area contributed by atoms with Crippen molar-refractivity contribution in [3.63, 3.8) is 0 Å². The molecule has 1 atom stereocenters. The largest absolute Gasteiger partial charge is 0.339 e. The molecular weight excluding hydrogens is 454 g/mol. The Labute approximate surface area is 217 Å². The van der Waals surface area contributed by atoms with E-state index < -0.39 is 0 Å². The maximum Gasteiger partial charge on any atom is 0.140 e. The Morgan fingerprint density at radius 3 is 2.41 bits per heavy atom. The molecular formula is C33H33N3O. The van der Waals surface area contributed by atoms with Gasteiger partial charge in [-0.15, -0.1) is 0 Å². The fourth-order valence-corrected chi connectivity index (χ4v) is 6.09. The van der Waals surface area contributed by atoms with Gasteiger partial charge in [0.25, 0.3) is 0 Å². The summed E-state index contributed by atoms with van der Waals surface area (Å²) in [6, 6.07) is 27.8. The number of Topliss-reactive ketones (excluding diaryl/α,β-unsaturated/α-hetero) is 1. The lowest BCUT2D eigenvalue weighted by atomic mass is 9.76. The smallest absolute Gasteiger partial charge is 0.140 e. The van der Waals surface area contributed by atoms with E-state index in [1.54, 1.807) is 0 Å². The lowest BCUT2D eigenvalue weighted by molar-refractivity contribution is -0.123. The molecule has 0 saturated heterocycles. The monoisotopic (exact) mass is 487 g/mol. The first-order valence-corrected chi connectivity index (χ1v) is 13.4. The van der Waals surface area contributed by atoms with Crippen molar-refractivity contribution in [3.05, 3.63) is 90.6 Å². The lowest BCUT2D eigenvalue weighted by Crippen LogP contribution is -2.32. The molecule has 3 N–H and O–H groups in total. The number of rotatable bonds is 6. The van der Waals surface area contributed by atoms with Gasteiger partial charge in [0.1, 0.15) is 11.4 Å². The minimum absolute atomic E-state index is 0.142. The third-order valence-electron chi connectivity index (χ3n) is 8.25. The molecule has 4 nitrogen and oxygen atoms in total. The summed E-state index contributed by atoms with van der Waals surface area (Å²) in [6.07, 6.45) is 6.29. The van der Waals surface area contributed by atoms with Crippen LogP contribution < -0.4 is 5.73 Å².